The number of carbonyl (C=O) groups excluding carboxylic acids is 1. The number of aromatic hydroxyl groups is 1. The van der Waals surface area contributed by atoms with Crippen LogP contribution < -0.4 is 10.1 Å². The summed E-state index contributed by atoms with van der Waals surface area (Å²) in [6.07, 6.45) is 1.24. The topological polar surface area (TPSA) is 67.8 Å². The fourth-order valence-corrected chi connectivity index (χ4v) is 5.28. The fraction of sp³-hybridized carbons (Fsp3) is 0.567. The predicted octanol–water partition coefficient (Wildman–Crippen LogP) is 7.26. The molecule has 210 valence electrons. The van der Waals surface area contributed by atoms with Crippen molar-refractivity contribution < 1.29 is 32.5 Å². The van der Waals surface area contributed by atoms with Crippen LogP contribution in [0.2, 0.25) is 0 Å². The van der Waals surface area contributed by atoms with Gasteiger partial charge in [-0.05, 0) is 76.1 Å². The molecule has 2 N–H and O–H groups in total. The largest absolute Gasteiger partial charge is 0.507 e. The van der Waals surface area contributed by atoms with Gasteiger partial charge < -0.3 is 19.9 Å². The monoisotopic (exact) mass is 535 g/mol. The Kier molecular flexibility index (Phi) is 9.74. The lowest BCUT2D eigenvalue weighted by atomic mass is 9.72. The second kappa shape index (κ2) is 12.4. The van der Waals surface area contributed by atoms with Crippen LogP contribution in [-0.4, -0.2) is 36.9 Å². The molecule has 0 saturated heterocycles. The summed E-state index contributed by atoms with van der Waals surface area (Å²) < 4.78 is 52.2. The van der Waals surface area contributed by atoms with E-state index in [-0.39, 0.29) is 29.2 Å². The Morgan fingerprint density at radius 3 is 2.42 bits per heavy atom. The molecule has 3 rings (SSSR count). The van der Waals surface area contributed by atoms with Gasteiger partial charge in [0.15, 0.2) is 0 Å². The van der Waals surface area contributed by atoms with E-state index in [1.807, 2.05) is 20.8 Å². The van der Waals surface area contributed by atoms with Crippen molar-refractivity contribution in [3.05, 3.63) is 59.2 Å². The first-order chi connectivity index (χ1) is 17.8. The summed E-state index contributed by atoms with van der Waals surface area (Å²) in [5.41, 5.74) is -1.03. The molecule has 0 aromatic heterocycles. The molecule has 0 bridgehead atoms. The van der Waals surface area contributed by atoms with E-state index in [9.17, 15) is 23.1 Å². The lowest BCUT2D eigenvalue weighted by Gasteiger charge is -2.35. The number of amides is 1. The Balaban J connectivity index is 1.89. The normalized spacial score (nSPS) is 21.2. The van der Waals surface area contributed by atoms with Crippen molar-refractivity contribution in [3.8, 4) is 11.5 Å². The molecule has 2 aromatic rings. The Morgan fingerprint density at radius 2 is 1.74 bits per heavy atom. The summed E-state index contributed by atoms with van der Waals surface area (Å²) in [5, 5.41) is 13.2. The van der Waals surface area contributed by atoms with Crippen LogP contribution in [0.25, 0.3) is 0 Å². The predicted molar refractivity (Wildman–Crippen MR) is 142 cm³/mol. The van der Waals surface area contributed by atoms with Gasteiger partial charge >= 0.3 is 6.18 Å². The molecule has 0 radical (unpaired) electrons. The number of rotatable bonds is 7. The third kappa shape index (κ3) is 7.88. The highest BCUT2D eigenvalue weighted by Crippen LogP contribution is 2.40. The van der Waals surface area contributed by atoms with E-state index in [1.54, 1.807) is 18.2 Å². The average Bonchev–Trinajstić information content (AvgIpc) is 2.96. The number of methoxy groups -OCH3 is 1. The summed E-state index contributed by atoms with van der Waals surface area (Å²) >= 11 is 0. The maximum Gasteiger partial charge on any atom is 0.416 e. The number of phenols is 1. The first kappa shape index (κ1) is 29.8. The molecule has 1 amide bonds. The Hall–Kier alpha value is -2.74. The van der Waals surface area contributed by atoms with Gasteiger partial charge in [0.25, 0.3) is 5.91 Å². The summed E-state index contributed by atoms with van der Waals surface area (Å²) in [6.45, 7) is 6.90. The van der Waals surface area contributed by atoms with E-state index in [1.165, 1.54) is 25.3 Å². The van der Waals surface area contributed by atoms with Crippen LogP contribution in [0.5, 0.6) is 11.5 Å². The quantitative estimate of drug-likeness (QED) is 0.392. The molecule has 5 nitrogen and oxygen atoms in total. The molecular formula is C30H40F3NO4. The summed E-state index contributed by atoms with van der Waals surface area (Å²) in [7, 11) is 1.41. The molecule has 0 spiro atoms. The van der Waals surface area contributed by atoms with Gasteiger partial charge in [-0.2, -0.15) is 13.2 Å². The van der Waals surface area contributed by atoms with Gasteiger partial charge in [-0.15, -0.1) is 0 Å². The number of halogens is 3. The number of alkyl halides is 3. The van der Waals surface area contributed by atoms with E-state index in [4.69, 9.17) is 9.47 Å². The molecule has 1 aliphatic carbocycles. The first-order valence-corrected chi connectivity index (χ1v) is 13.3. The van der Waals surface area contributed by atoms with Crippen molar-refractivity contribution in [1.29, 1.82) is 0 Å². The molecule has 1 saturated carbocycles. The van der Waals surface area contributed by atoms with E-state index < -0.39 is 23.1 Å². The van der Waals surface area contributed by atoms with Crippen LogP contribution in [0.15, 0.2) is 42.5 Å². The SMILES string of the molecule is COc1cccc(O)c1C(=O)NCC1(c2cccc(C(F)(F)F)c2)CCCCC(COC(C)(C)C)CCC1. The maximum absolute atomic E-state index is 13.6. The Bertz CT molecular complexity index is 1080. The highest BCUT2D eigenvalue weighted by molar-refractivity contribution is 5.99. The summed E-state index contributed by atoms with van der Waals surface area (Å²) in [6, 6.07) is 10.0. The van der Waals surface area contributed by atoms with Crippen LogP contribution in [0, 0.1) is 5.92 Å². The van der Waals surface area contributed by atoms with E-state index in [0.717, 1.165) is 38.2 Å². The molecule has 1 fully saturated rings. The van der Waals surface area contributed by atoms with Crippen molar-refractivity contribution in [3.63, 3.8) is 0 Å². The number of carbonyl (C=O) groups is 1. The number of nitrogens with one attached hydrogen (secondary N) is 1. The fourth-order valence-electron chi connectivity index (χ4n) is 5.28. The zero-order valence-electron chi connectivity index (χ0n) is 22.8. The molecule has 1 aliphatic rings. The van der Waals surface area contributed by atoms with Gasteiger partial charge in [0.1, 0.15) is 17.1 Å². The van der Waals surface area contributed by atoms with Gasteiger partial charge in [-0.25, -0.2) is 0 Å². The maximum atomic E-state index is 13.6. The molecule has 2 atom stereocenters. The zero-order chi connectivity index (χ0) is 28.0. The summed E-state index contributed by atoms with van der Waals surface area (Å²) in [5.74, 6) is -0.132. The smallest absolute Gasteiger partial charge is 0.416 e. The van der Waals surface area contributed by atoms with Gasteiger partial charge in [0, 0.05) is 12.0 Å². The van der Waals surface area contributed by atoms with Gasteiger partial charge in [-0.1, -0.05) is 43.5 Å². The minimum Gasteiger partial charge on any atom is -0.507 e. The van der Waals surface area contributed by atoms with Crippen molar-refractivity contribution >= 4 is 5.91 Å². The van der Waals surface area contributed by atoms with Gasteiger partial charge in [0.05, 0.1) is 24.9 Å². The van der Waals surface area contributed by atoms with Crippen molar-refractivity contribution in [2.75, 3.05) is 20.3 Å². The number of phenolic OH excluding ortho intramolecular Hbond substituents is 1. The average molecular weight is 536 g/mol. The minimum atomic E-state index is -4.46. The molecule has 38 heavy (non-hydrogen) atoms. The van der Waals surface area contributed by atoms with E-state index in [2.05, 4.69) is 5.32 Å². The van der Waals surface area contributed by atoms with Crippen molar-refractivity contribution in [2.24, 2.45) is 5.92 Å². The lowest BCUT2D eigenvalue weighted by Crippen LogP contribution is -2.41. The molecule has 8 heteroatoms. The third-order valence-corrected chi connectivity index (χ3v) is 7.38. The van der Waals surface area contributed by atoms with Crippen LogP contribution in [0.1, 0.15) is 87.2 Å². The van der Waals surface area contributed by atoms with Crippen molar-refractivity contribution in [1.82, 2.24) is 5.32 Å². The standard InChI is InChI=1S/C30H40F3NO4/c1-28(2,3)38-19-21-10-5-6-16-29(17-9-11-21,22-12-7-13-23(18-22)30(31,32)33)20-34-27(36)26-24(35)14-8-15-25(26)37-4/h7-8,12-15,18,21,35H,5-6,9-11,16-17,19-20H2,1-4H3,(H,34,36). The van der Waals surface area contributed by atoms with Crippen LogP contribution in [0.4, 0.5) is 13.2 Å². The van der Waals surface area contributed by atoms with Gasteiger partial charge in [-0.3, -0.25) is 4.79 Å². The summed E-state index contributed by atoms with van der Waals surface area (Å²) in [4.78, 5) is 13.2. The molecule has 0 aliphatic heterocycles. The molecule has 0 heterocycles. The van der Waals surface area contributed by atoms with Crippen LogP contribution >= 0.6 is 0 Å². The molecule has 2 unspecified atom stereocenters. The van der Waals surface area contributed by atoms with Gasteiger partial charge in [0.2, 0.25) is 0 Å². The van der Waals surface area contributed by atoms with Crippen LogP contribution in [-0.2, 0) is 16.3 Å². The number of hydrogen-bond donors (Lipinski definition) is 2. The first-order valence-electron chi connectivity index (χ1n) is 13.3. The minimum absolute atomic E-state index is 0.0108. The van der Waals surface area contributed by atoms with Crippen molar-refractivity contribution in [2.45, 2.75) is 82.9 Å². The number of benzene rings is 2. The Morgan fingerprint density at radius 1 is 1.05 bits per heavy atom. The number of hydrogen-bond acceptors (Lipinski definition) is 4. The van der Waals surface area contributed by atoms with E-state index >= 15 is 0 Å². The third-order valence-electron chi connectivity index (χ3n) is 7.38. The molecular weight excluding hydrogens is 495 g/mol. The molecule has 2 aromatic carbocycles. The zero-order valence-corrected chi connectivity index (χ0v) is 22.8. The lowest BCUT2D eigenvalue weighted by molar-refractivity contribution is -0.137. The Labute approximate surface area is 223 Å². The second-order valence-electron chi connectivity index (χ2n) is 11.3. The second-order valence-corrected chi connectivity index (χ2v) is 11.3. The number of ether oxygens (including phenoxy) is 2. The highest BCUT2D eigenvalue weighted by atomic mass is 19.4. The van der Waals surface area contributed by atoms with Crippen LogP contribution in [0.3, 0.4) is 0 Å². The highest BCUT2D eigenvalue weighted by Gasteiger charge is 2.37. The van der Waals surface area contributed by atoms with E-state index in [0.29, 0.717) is 30.9 Å².